The van der Waals surface area contributed by atoms with Crippen LogP contribution in [0.3, 0.4) is 0 Å². The zero-order valence-corrected chi connectivity index (χ0v) is 25.4. The van der Waals surface area contributed by atoms with E-state index in [0.717, 1.165) is 53.6 Å². The Bertz CT molecular complexity index is 1290. The Morgan fingerprint density at radius 1 is 1.11 bits per heavy atom. The molecule has 8 heteroatoms. The summed E-state index contributed by atoms with van der Waals surface area (Å²) in [6.07, 6.45) is 4.90. The quantitative estimate of drug-likeness (QED) is 0.265. The highest BCUT2D eigenvalue weighted by Gasteiger charge is 2.41. The van der Waals surface area contributed by atoms with E-state index in [2.05, 4.69) is 81.0 Å². The SMILES string of the molecule is CC(CN)Oc1c(-c2ccc3c(c2)c(C#C[Si](C(C)C)(C(C)C)C(C)C)nn3C2CCCCO2)cnn1C. The van der Waals surface area contributed by atoms with E-state index in [9.17, 15) is 0 Å². The lowest BCUT2D eigenvalue weighted by molar-refractivity contribution is -0.0367. The zero-order chi connectivity index (χ0) is 27.6. The molecule has 206 valence electrons. The third kappa shape index (κ3) is 5.29. The van der Waals surface area contributed by atoms with Crippen LogP contribution in [0.2, 0.25) is 16.6 Å². The van der Waals surface area contributed by atoms with E-state index in [1.54, 1.807) is 4.68 Å². The third-order valence-corrected chi connectivity index (χ3v) is 14.5. The van der Waals surface area contributed by atoms with E-state index in [4.69, 9.17) is 20.3 Å². The lowest BCUT2D eigenvalue weighted by atomic mass is 10.1. The molecule has 0 aliphatic carbocycles. The van der Waals surface area contributed by atoms with Gasteiger partial charge in [-0.1, -0.05) is 53.5 Å². The number of hydrogen-bond acceptors (Lipinski definition) is 5. The largest absolute Gasteiger partial charge is 0.473 e. The van der Waals surface area contributed by atoms with Gasteiger partial charge in [-0.05, 0) is 60.5 Å². The van der Waals surface area contributed by atoms with Crippen LogP contribution >= 0.6 is 0 Å². The van der Waals surface area contributed by atoms with Crippen molar-refractivity contribution in [2.24, 2.45) is 12.8 Å². The van der Waals surface area contributed by atoms with Crippen molar-refractivity contribution in [3.63, 3.8) is 0 Å². The highest BCUT2D eigenvalue weighted by Crippen LogP contribution is 2.41. The summed E-state index contributed by atoms with van der Waals surface area (Å²) in [4.78, 5) is 0. The number of ether oxygens (including phenoxy) is 2. The molecule has 1 aliphatic rings. The van der Waals surface area contributed by atoms with E-state index < -0.39 is 8.07 Å². The summed E-state index contributed by atoms with van der Waals surface area (Å²) in [6.45, 7) is 17.2. The smallest absolute Gasteiger partial charge is 0.219 e. The van der Waals surface area contributed by atoms with Crippen molar-refractivity contribution in [2.75, 3.05) is 13.2 Å². The summed E-state index contributed by atoms with van der Waals surface area (Å²) < 4.78 is 16.1. The normalized spacial score (nSPS) is 17.3. The van der Waals surface area contributed by atoms with E-state index in [1.165, 1.54) is 0 Å². The molecule has 3 aromatic rings. The van der Waals surface area contributed by atoms with Crippen molar-refractivity contribution in [1.29, 1.82) is 0 Å². The molecular weight excluding hydrogens is 490 g/mol. The third-order valence-electron chi connectivity index (χ3n) is 8.24. The number of rotatable bonds is 8. The average molecular weight is 536 g/mol. The van der Waals surface area contributed by atoms with Gasteiger partial charge < -0.3 is 15.2 Å². The first-order valence-corrected chi connectivity index (χ1v) is 16.4. The number of hydrogen-bond donors (Lipinski definition) is 1. The molecule has 0 bridgehead atoms. The van der Waals surface area contributed by atoms with Crippen LogP contribution in [0.25, 0.3) is 22.0 Å². The molecule has 2 aromatic heterocycles. The van der Waals surface area contributed by atoms with Crippen LogP contribution in [-0.2, 0) is 11.8 Å². The Balaban J connectivity index is 1.89. The van der Waals surface area contributed by atoms with Gasteiger partial charge in [-0.25, -0.2) is 9.36 Å². The van der Waals surface area contributed by atoms with Crippen LogP contribution in [0.5, 0.6) is 5.88 Å². The molecule has 4 rings (SSSR count). The van der Waals surface area contributed by atoms with Crippen LogP contribution in [0.15, 0.2) is 24.4 Å². The van der Waals surface area contributed by atoms with E-state index in [-0.39, 0.29) is 12.3 Å². The Kier molecular flexibility index (Phi) is 8.71. The van der Waals surface area contributed by atoms with E-state index >= 15 is 0 Å². The molecule has 1 aliphatic heterocycles. The molecule has 0 spiro atoms. The monoisotopic (exact) mass is 535 g/mol. The summed E-state index contributed by atoms with van der Waals surface area (Å²) in [5, 5.41) is 10.6. The maximum atomic E-state index is 6.15. The Morgan fingerprint density at radius 2 is 1.82 bits per heavy atom. The summed E-state index contributed by atoms with van der Waals surface area (Å²) in [5.74, 6) is 4.34. The van der Waals surface area contributed by atoms with Gasteiger partial charge in [-0.3, -0.25) is 0 Å². The Morgan fingerprint density at radius 3 is 2.42 bits per heavy atom. The highest BCUT2D eigenvalue weighted by atomic mass is 28.3. The fourth-order valence-corrected chi connectivity index (χ4v) is 11.3. The van der Waals surface area contributed by atoms with Crippen LogP contribution in [0.1, 0.15) is 79.7 Å². The maximum Gasteiger partial charge on any atom is 0.219 e. The number of aromatic nitrogens is 4. The first-order chi connectivity index (χ1) is 18.1. The summed E-state index contributed by atoms with van der Waals surface area (Å²) >= 11 is 0. The lowest BCUT2D eigenvalue weighted by Gasteiger charge is -2.38. The molecule has 7 nitrogen and oxygen atoms in total. The fourth-order valence-electron chi connectivity index (χ4n) is 6.14. The zero-order valence-electron chi connectivity index (χ0n) is 24.4. The molecular formula is C30H45N5O2Si. The van der Waals surface area contributed by atoms with Gasteiger partial charge in [0.15, 0.2) is 6.23 Å². The standard InChI is InChI=1S/C30H45N5O2Si/c1-20(2)38(21(3)4,22(5)6)16-14-27-25-17-24(26-19-32-34(8)30(26)37-23(7)18-31)12-13-28(25)35(33-27)29-11-9-10-15-36-29/h12-13,17,19-23,29H,9-11,15,18,31H2,1-8H3. The van der Waals surface area contributed by atoms with Gasteiger partial charge in [0.05, 0.1) is 17.3 Å². The van der Waals surface area contributed by atoms with Gasteiger partial charge >= 0.3 is 0 Å². The second kappa shape index (κ2) is 11.6. The van der Waals surface area contributed by atoms with Crippen molar-refractivity contribution in [3.05, 3.63) is 30.1 Å². The predicted molar refractivity (Wildman–Crippen MR) is 158 cm³/mol. The summed E-state index contributed by atoms with van der Waals surface area (Å²) in [7, 11) is -0.0278. The van der Waals surface area contributed by atoms with E-state index in [0.29, 0.717) is 29.0 Å². The van der Waals surface area contributed by atoms with Crippen molar-refractivity contribution in [1.82, 2.24) is 19.6 Å². The molecule has 1 saturated heterocycles. The lowest BCUT2D eigenvalue weighted by Crippen LogP contribution is -2.43. The fraction of sp³-hybridized carbons (Fsp3) is 0.600. The number of fused-ring (bicyclic) bond motifs is 1. The summed E-state index contributed by atoms with van der Waals surface area (Å²) in [6, 6.07) is 6.45. The van der Waals surface area contributed by atoms with Crippen molar-refractivity contribution < 1.29 is 9.47 Å². The van der Waals surface area contributed by atoms with Crippen LogP contribution < -0.4 is 10.5 Å². The molecule has 1 aromatic carbocycles. The highest BCUT2D eigenvalue weighted by molar-refractivity contribution is 6.90. The molecule has 0 amide bonds. The topological polar surface area (TPSA) is 80.1 Å². The number of benzene rings is 1. The molecule has 0 saturated carbocycles. The predicted octanol–water partition coefficient (Wildman–Crippen LogP) is 6.43. The van der Waals surface area contributed by atoms with Gasteiger partial charge in [-0.2, -0.15) is 10.2 Å². The van der Waals surface area contributed by atoms with E-state index in [1.807, 2.05) is 20.2 Å². The van der Waals surface area contributed by atoms with Crippen molar-refractivity contribution in [3.8, 4) is 28.5 Å². The Labute approximate surface area is 229 Å². The molecule has 38 heavy (non-hydrogen) atoms. The molecule has 0 radical (unpaired) electrons. The Hall–Kier alpha value is -2.60. The van der Waals surface area contributed by atoms with Crippen LogP contribution in [0, 0.1) is 11.5 Å². The second-order valence-corrected chi connectivity index (χ2v) is 17.2. The minimum absolute atomic E-state index is 0.0577. The molecule has 2 N–H and O–H groups in total. The van der Waals surface area contributed by atoms with Gasteiger partial charge in [0.25, 0.3) is 0 Å². The van der Waals surface area contributed by atoms with Crippen molar-refractivity contribution >= 4 is 19.0 Å². The minimum atomic E-state index is -1.92. The van der Waals surface area contributed by atoms with Gasteiger partial charge in [-0.15, -0.1) is 5.54 Å². The first kappa shape index (κ1) is 28.4. The second-order valence-electron chi connectivity index (χ2n) is 11.6. The minimum Gasteiger partial charge on any atom is -0.473 e. The van der Waals surface area contributed by atoms with Crippen LogP contribution in [0.4, 0.5) is 0 Å². The van der Waals surface area contributed by atoms with Gasteiger partial charge in [0.2, 0.25) is 5.88 Å². The molecule has 2 atom stereocenters. The first-order valence-electron chi connectivity index (χ1n) is 14.2. The van der Waals surface area contributed by atoms with Crippen LogP contribution in [-0.4, -0.2) is 46.9 Å². The number of nitrogens with zero attached hydrogens (tertiary/aromatic N) is 4. The number of aryl methyl sites for hydroxylation is 1. The number of nitrogens with two attached hydrogens (primary N) is 1. The van der Waals surface area contributed by atoms with Gasteiger partial charge in [0.1, 0.15) is 19.9 Å². The molecule has 1 fully saturated rings. The molecule has 2 unspecified atom stereocenters. The van der Waals surface area contributed by atoms with Crippen molar-refractivity contribution in [2.45, 2.75) is 96.7 Å². The maximum absolute atomic E-state index is 6.15. The summed E-state index contributed by atoms with van der Waals surface area (Å²) in [5.41, 5.74) is 15.2. The average Bonchev–Trinajstić information content (AvgIpc) is 3.44. The molecule has 3 heterocycles. The van der Waals surface area contributed by atoms with Gasteiger partial charge in [0, 0.05) is 25.6 Å².